The van der Waals surface area contributed by atoms with Gasteiger partial charge in [0.25, 0.3) is 5.91 Å². The molecule has 2 aliphatic heterocycles. The molecule has 3 amide bonds. The average molecular weight is 463 g/mol. The van der Waals surface area contributed by atoms with Crippen molar-refractivity contribution in [1.82, 2.24) is 15.1 Å². The van der Waals surface area contributed by atoms with Gasteiger partial charge in [-0.1, -0.05) is 36.4 Å². The molecule has 3 aromatic carbocycles. The van der Waals surface area contributed by atoms with Crippen LogP contribution in [0.15, 0.2) is 66.7 Å². The number of amides is 3. The number of carbonyl (C=O) groups excluding carboxylic acids is 2. The lowest BCUT2D eigenvalue weighted by molar-refractivity contribution is 0.0682. The summed E-state index contributed by atoms with van der Waals surface area (Å²) >= 11 is 0. The summed E-state index contributed by atoms with van der Waals surface area (Å²) in [6, 6.07) is 17.2. The summed E-state index contributed by atoms with van der Waals surface area (Å²) in [7, 11) is 1.69. The van der Waals surface area contributed by atoms with Gasteiger partial charge in [-0.2, -0.15) is 0 Å². The minimum atomic E-state index is -0.697. The minimum absolute atomic E-state index is 0.211. The molecule has 0 spiro atoms. The van der Waals surface area contributed by atoms with Gasteiger partial charge in [0, 0.05) is 31.8 Å². The molecular weight excluding hydrogens is 440 g/mol. The lowest BCUT2D eigenvalue weighted by Crippen LogP contribution is -2.44. The first-order chi connectivity index (χ1) is 16.4. The topological polar surface area (TPSA) is 61.9 Å². The second-order valence-corrected chi connectivity index (χ2v) is 8.52. The second kappa shape index (κ2) is 8.78. The van der Waals surface area contributed by atoms with Crippen molar-refractivity contribution in [1.29, 1.82) is 0 Å². The Balaban J connectivity index is 1.36. The first kappa shape index (κ1) is 21.9. The minimum Gasteiger partial charge on any atom is -0.485 e. The van der Waals surface area contributed by atoms with Crippen molar-refractivity contribution in [2.45, 2.75) is 18.7 Å². The van der Waals surface area contributed by atoms with E-state index in [0.29, 0.717) is 36.5 Å². The van der Waals surface area contributed by atoms with Gasteiger partial charge in [0.05, 0.1) is 18.2 Å². The summed E-state index contributed by atoms with van der Waals surface area (Å²) < 4.78 is 33.9. The number of halogens is 2. The molecule has 2 unspecified atom stereocenters. The van der Waals surface area contributed by atoms with E-state index in [-0.39, 0.29) is 23.5 Å². The average Bonchev–Trinajstić information content (AvgIpc) is 3.22. The van der Waals surface area contributed by atoms with Crippen molar-refractivity contribution in [3.8, 4) is 16.9 Å². The largest absolute Gasteiger partial charge is 0.485 e. The molecule has 2 heterocycles. The normalized spacial score (nSPS) is 19.2. The third-order valence-corrected chi connectivity index (χ3v) is 6.36. The highest BCUT2D eigenvalue weighted by Crippen LogP contribution is 2.35. The number of urea groups is 1. The summed E-state index contributed by atoms with van der Waals surface area (Å²) in [4.78, 5) is 29.1. The molecule has 1 N–H and O–H groups in total. The number of benzene rings is 3. The fourth-order valence-electron chi connectivity index (χ4n) is 4.49. The predicted octanol–water partition coefficient (Wildman–Crippen LogP) is 4.06. The van der Waals surface area contributed by atoms with Crippen molar-refractivity contribution in [2.24, 2.45) is 0 Å². The maximum Gasteiger partial charge on any atom is 0.317 e. The van der Waals surface area contributed by atoms with Crippen LogP contribution in [-0.4, -0.2) is 54.0 Å². The van der Waals surface area contributed by atoms with Crippen LogP contribution < -0.4 is 10.1 Å². The highest BCUT2D eigenvalue weighted by Gasteiger charge is 2.43. The Morgan fingerprint density at radius 3 is 2.56 bits per heavy atom. The number of carbonyl (C=O) groups is 2. The first-order valence-corrected chi connectivity index (χ1v) is 11.0. The quantitative estimate of drug-likeness (QED) is 0.637. The first-order valence-electron chi connectivity index (χ1n) is 11.0. The monoisotopic (exact) mass is 463 g/mol. The van der Waals surface area contributed by atoms with E-state index >= 15 is 0 Å². The Morgan fingerprint density at radius 1 is 1.03 bits per heavy atom. The predicted molar refractivity (Wildman–Crippen MR) is 122 cm³/mol. The van der Waals surface area contributed by atoms with Crippen molar-refractivity contribution in [2.75, 3.05) is 20.1 Å². The zero-order valence-electron chi connectivity index (χ0n) is 18.5. The summed E-state index contributed by atoms with van der Waals surface area (Å²) in [5.41, 5.74) is 2.04. The summed E-state index contributed by atoms with van der Waals surface area (Å²) in [6.45, 7) is 1.04. The maximum atomic E-state index is 14.3. The number of hydrogen-bond donors (Lipinski definition) is 1. The van der Waals surface area contributed by atoms with Crippen LogP contribution in [0.2, 0.25) is 0 Å². The molecule has 0 aromatic heterocycles. The van der Waals surface area contributed by atoms with Gasteiger partial charge in [-0.3, -0.25) is 4.79 Å². The van der Waals surface area contributed by atoms with Crippen molar-refractivity contribution in [3.05, 3.63) is 89.5 Å². The standard InChI is InChI=1S/C26H23F2N3O3/c1-30-22-14-31(26(33)29-13-16-5-3-2-4-6-16)15-24(22)34-23-11-17(7-9-20(23)25(30)32)19-10-8-18(27)12-21(19)28/h2-12,22,24H,13-15H2,1H3,(H,29,33). The van der Waals surface area contributed by atoms with Crippen LogP contribution in [0.1, 0.15) is 15.9 Å². The molecule has 8 heteroatoms. The van der Waals surface area contributed by atoms with Gasteiger partial charge in [0.1, 0.15) is 23.5 Å². The van der Waals surface area contributed by atoms with Crippen LogP contribution in [-0.2, 0) is 6.54 Å². The van der Waals surface area contributed by atoms with E-state index in [1.54, 1.807) is 35.0 Å². The molecule has 2 atom stereocenters. The fourth-order valence-corrected chi connectivity index (χ4v) is 4.49. The van der Waals surface area contributed by atoms with Crippen LogP contribution in [0.4, 0.5) is 13.6 Å². The number of ether oxygens (including phenoxy) is 1. The molecule has 174 valence electrons. The van der Waals surface area contributed by atoms with E-state index in [1.807, 2.05) is 30.3 Å². The maximum absolute atomic E-state index is 14.3. The summed E-state index contributed by atoms with van der Waals surface area (Å²) in [5.74, 6) is -1.28. The van der Waals surface area contributed by atoms with Crippen LogP contribution in [0.3, 0.4) is 0 Å². The zero-order chi connectivity index (χ0) is 23.8. The number of hydrogen-bond acceptors (Lipinski definition) is 3. The molecule has 0 aliphatic carbocycles. The van der Waals surface area contributed by atoms with Gasteiger partial charge >= 0.3 is 6.03 Å². The Kier molecular flexibility index (Phi) is 5.65. The molecule has 0 radical (unpaired) electrons. The molecule has 6 nitrogen and oxygen atoms in total. The van der Waals surface area contributed by atoms with Crippen molar-refractivity contribution in [3.63, 3.8) is 0 Å². The molecule has 1 fully saturated rings. The Hall–Kier alpha value is -3.94. The number of likely N-dealkylation sites (tertiary alicyclic amines) is 1. The third-order valence-electron chi connectivity index (χ3n) is 6.36. The molecule has 5 rings (SSSR count). The number of nitrogens with zero attached hydrogens (tertiary/aromatic N) is 2. The fraction of sp³-hybridized carbons (Fsp3) is 0.231. The van der Waals surface area contributed by atoms with Crippen molar-refractivity contribution < 1.29 is 23.1 Å². The highest BCUT2D eigenvalue weighted by molar-refractivity contribution is 5.98. The van der Waals surface area contributed by atoms with Crippen molar-refractivity contribution >= 4 is 11.9 Å². The van der Waals surface area contributed by atoms with Gasteiger partial charge in [-0.25, -0.2) is 13.6 Å². The lowest BCUT2D eigenvalue weighted by atomic mass is 10.0. The Bertz CT molecular complexity index is 1250. The van der Waals surface area contributed by atoms with E-state index in [9.17, 15) is 18.4 Å². The van der Waals surface area contributed by atoms with Crippen LogP contribution in [0.5, 0.6) is 5.75 Å². The number of likely N-dealkylation sites (N-methyl/N-ethyl adjacent to an activating group) is 1. The molecule has 3 aromatic rings. The smallest absolute Gasteiger partial charge is 0.317 e. The van der Waals surface area contributed by atoms with Gasteiger partial charge in [0.15, 0.2) is 0 Å². The van der Waals surface area contributed by atoms with Crippen LogP contribution in [0.25, 0.3) is 11.1 Å². The second-order valence-electron chi connectivity index (χ2n) is 8.52. The molecule has 0 saturated carbocycles. The van der Waals surface area contributed by atoms with Gasteiger partial charge in [-0.15, -0.1) is 0 Å². The van der Waals surface area contributed by atoms with Gasteiger partial charge in [0.2, 0.25) is 0 Å². The zero-order valence-corrected chi connectivity index (χ0v) is 18.5. The Morgan fingerprint density at radius 2 is 1.79 bits per heavy atom. The lowest BCUT2D eigenvalue weighted by Gasteiger charge is -2.25. The van der Waals surface area contributed by atoms with E-state index in [0.717, 1.165) is 11.6 Å². The molecule has 2 aliphatic rings. The SMILES string of the molecule is CN1C(=O)c2ccc(-c3ccc(F)cc3F)cc2OC2CN(C(=O)NCc3ccccc3)CC21. The highest BCUT2D eigenvalue weighted by atomic mass is 19.1. The van der Waals surface area contributed by atoms with E-state index in [4.69, 9.17) is 4.74 Å². The summed E-state index contributed by atoms with van der Waals surface area (Å²) in [6.07, 6.45) is -0.439. The molecule has 34 heavy (non-hydrogen) atoms. The summed E-state index contributed by atoms with van der Waals surface area (Å²) in [5, 5.41) is 2.91. The van der Waals surface area contributed by atoms with Crippen LogP contribution in [0, 0.1) is 11.6 Å². The number of fused-ring (bicyclic) bond motifs is 2. The number of rotatable bonds is 3. The van der Waals surface area contributed by atoms with E-state index in [2.05, 4.69) is 5.32 Å². The van der Waals surface area contributed by atoms with Gasteiger partial charge < -0.3 is 19.9 Å². The molecule has 0 bridgehead atoms. The van der Waals surface area contributed by atoms with E-state index < -0.39 is 17.7 Å². The van der Waals surface area contributed by atoms with Crippen LogP contribution >= 0.6 is 0 Å². The number of nitrogens with one attached hydrogen (secondary N) is 1. The molecule has 1 saturated heterocycles. The van der Waals surface area contributed by atoms with Gasteiger partial charge in [-0.05, 0) is 35.4 Å². The Labute approximate surface area is 195 Å². The molecular formula is C26H23F2N3O3. The van der Waals surface area contributed by atoms with E-state index in [1.165, 1.54) is 12.1 Å². The third kappa shape index (κ3) is 4.07.